The summed E-state index contributed by atoms with van der Waals surface area (Å²) >= 11 is 6.47. The van der Waals surface area contributed by atoms with Crippen LogP contribution in [0.5, 0.6) is 0 Å². The van der Waals surface area contributed by atoms with Gasteiger partial charge in [-0.2, -0.15) is 0 Å². The number of amides is 2. The summed E-state index contributed by atoms with van der Waals surface area (Å²) in [4.78, 5) is 37.1. The van der Waals surface area contributed by atoms with Crippen LogP contribution in [-0.4, -0.2) is 63.7 Å². The van der Waals surface area contributed by atoms with E-state index in [1.165, 1.54) is 10.5 Å². The minimum Gasteiger partial charge on any atom is -0.394 e. The lowest BCUT2D eigenvalue weighted by molar-refractivity contribution is -0.127. The molecule has 1 aliphatic carbocycles. The predicted molar refractivity (Wildman–Crippen MR) is 146 cm³/mol. The molecule has 0 radical (unpaired) electrons. The first-order valence-corrected chi connectivity index (χ1v) is 13.7. The molecule has 3 heterocycles. The van der Waals surface area contributed by atoms with Gasteiger partial charge >= 0.3 is 0 Å². The van der Waals surface area contributed by atoms with Crippen LogP contribution in [0, 0.1) is 0 Å². The van der Waals surface area contributed by atoms with Crippen molar-refractivity contribution in [2.75, 3.05) is 25.1 Å². The molecule has 3 N–H and O–H groups in total. The van der Waals surface area contributed by atoms with E-state index < -0.39 is 12.6 Å². The van der Waals surface area contributed by atoms with Crippen molar-refractivity contribution in [2.45, 2.75) is 50.4 Å². The maximum absolute atomic E-state index is 13.5. The SMILES string of the molecule is O=C(N[C@@H]1CCc2ccccc21)[C@@H](CO)N1Cc2ccc(-c3nc(NC4CCOCC4)ncc3Cl)cc2C1=O. The Bertz CT molecular complexity index is 1410. The average Bonchev–Trinajstić information content (AvgIpc) is 3.51. The van der Waals surface area contributed by atoms with Crippen LogP contribution in [-0.2, 0) is 22.5 Å². The molecule has 0 saturated carbocycles. The summed E-state index contributed by atoms with van der Waals surface area (Å²) in [6.07, 6.45) is 4.99. The number of nitrogens with one attached hydrogen (secondary N) is 2. The van der Waals surface area contributed by atoms with E-state index in [1.54, 1.807) is 12.3 Å². The van der Waals surface area contributed by atoms with Gasteiger partial charge in [0.2, 0.25) is 11.9 Å². The molecule has 6 rings (SSSR count). The average molecular weight is 548 g/mol. The number of aromatic nitrogens is 2. The second-order valence-corrected chi connectivity index (χ2v) is 10.6. The Balaban J connectivity index is 1.19. The number of aliphatic hydroxyl groups excluding tert-OH is 1. The van der Waals surface area contributed by atoms with Crippen molar-refractivity contribution in [3.8, 4) is 11.3 Å². The first-order chi connectivity index (χ1) is 19.0. The number of aliphatic hydroxyl groups is 1. The van der Waals surface area contributed by atoms with Crippen molar-refractivity contribution in [1.82, 2.24) is 20.2 Å². The number of hydrogen-bond acceptors (Lipinski definition) is 7. The summed E-state index contributed by atoms with van der Waals surface area (Å²) in [7, 11) is 0. The fourth-order valence-corrected chi connectivity index (χ4v) is 5.88. The number of rotatable bonds is 7. The Labute approximate surface area is 231 Å². The number of carbonyl (C=O) groups excluding carboxylic acids is 2. The van der Waals surface area contributed by atoms with Crippen LogP contribution in [0.15, 0.2) is 48.7 Å². The summed E-state index contributed by atoms with van der Waals surface area (Å²) in [5, 5.41) is 16.9. The number of halogens is 1. The van der Waals surface area contributed by atoms with E-state index in [0.717, 1.165) is 36.8 Å². The molecule has 1 saturated heterocycles. The molecule has 10 heteroatoms. The van der Waals surface area contributed by atoms with Gasteiger partial charge in [-0.05, 0) is 48.4 Å². The van der Waals surface area contributed by atoms with Crippen LogP contribution < -0.4 is 10.6 Å². The van der Waals surface area contributed by atoms with Crippen LogP contribution in [0.1, 0.15) is 52.4 Å². The Kier molecular flexibility index (Phi) is 7.20. The summed E-state index contributed by atoms with van der Waals surface area (Å²) < 4.78 is 5.42. The zero-order chi connectivity index (χ0) is 26.9. The van der Waals surface area contributed by atoms with E-state index in [1.807, 2.05) is 30.3 Å². The van der Waals surface area contributed by atoms with Crippen LogP contribution >= 0.6 is 11.6 Å². The number of anilines is 1. The van der Waals surface area contributed by atoms with E-state index in [4.69, 9.17) is 16.3 Å². The molecule has 2 aliphatic heterocycles. The molecule has 39 heavy (non-hydrogen) atoms. The first-order valence-electron chi connectivity index (χ1n) is 13.3. The summed E-state index contributed by atoms with van der Waals surface area (Å²) in [6.45, 7) is 1.17. The molecule has 3 aromatic rings. The van der Waals surface area contributed by atoms with Gasteiger partial charge in [-0.3, -0.25) is 9.59 Å². The van der Waals surface area contributed by atoms with Crippen LogP contribution in [0.25, 0.3) is 11.3 Å². The minimum absolute atomic E-state index is 0.127. The Morgan fingerprint density at radius 2 is 1.97 bits per heavy atom. The zero-order valence-corrected chi connectivity index (χ0v) is 22.2. The van der Waals surface area contributed by atoms with Gasteiger partial charge in [0, 0.05) is 36.9 Å². The molecule has 2 aromatic carbocycles. The topological polar surface area (TPSA) is 117 Å². The van der Waals surface area contributed by atoms with Gasteiger partial charge in [0.05, 0.1) is 29.6 Å². The van der Waals surface area contributed by atoms with Crippen molar-refractivity contribution in [2.24, 2.45) is 0 Å². The summed E-state index contributed by atoms with van der Waals surface area (Å²) in [5.74, 6) is -0.192. The van der Waals surface area contributed by atoms with E-state index in [2.05, 4.69) is 26.7 Å². The molecule has 1 fully saturated rings. The maximum atomic E-state index is 13.5. The van der Waals surface area contributed by atoms with Gasteiger partial charge in [-0.1, -0.05) is 48.0 Å². The smallest absolute Gasteiger partial charge is 0.255 e. The molecule has 202 valence electrons. The highest BCUT2D eigenvalue weighted by atomic mass is 35.5. The monoisotopic (exact) mass is 547 g/mol. The molecule has 0 bridgehead atoms. The van der Waals surface area contributed by atoms with Crippen molar-refractivity contribution < 1.29 is 19.4 Å². The van der Waals surface area contributed by atoms with Gasteiger partial charge in [-0.15, -0.1) is 0 Å². The van der Waals surface area contributed by atoms with E-state index in [0.29, 0.717) is 41.0 Å². The standard InChI is InChI=1S/C29H30ClN5O4/c30-23-14-31-29(32-20-9-11-39-12-10-20)34-26(23)18-5-6-19-15-35(28(38)22(19)13-18)25(16-36)27(37)33-24-8-7-17-3-1-2-4-21(17)24/h1-6,13-14,20,24-25,36H,7-12,15-16H2,(H,33,37)(H,31,32,34)/t24-,25-/m1/s1. The van der Waals surface area contributed by atoms with Gasteiger partial charge in [0.1, 0.15) is 6.04 Å². The van der Waals surface area contributed by atoms with E-state index >= 15 is 0 Å². The summed E-state index contributed by atoms with van der Waals surface area (Å²) in [6, 6.07) is 12.6. The minimum atomic E-state index is -0.987. The molecule has 0 spiro atoms. The Morgan fingerprint density at radius 1 is 1.15 bits per heavy atom. The lowest BCUT2D eigenvalue weighted by Crippen LogP contribution is -2.49. The lowest BCUT2D eigenvalue weighted by Gasteiger charge is -2.27. The van der Waals surface area contributed by atoms with Gasteiger partial charge in [0.15, 0.2) is 0 Å². The van der Waals surface area contributed by atoms with Crippen molar-refractivity contribution in [1.29, 1.82) is 0 Å². The van der Waals surface area contributed by atoms with Gasteiger partial charge in [-0.25, -0.2) is 9.97 Å². The van der Waals surface area contributed by atoms with E-state index in [-0.39, 0.29) is 30.4 Å². The first kappa shape index (κ1) is 25.7. The molecular weight excluding hydrogens is 518 g/mol. The highest BCUT2D eigenvalue weighted by Gasteiger charge is 2.37. The quantitative estimate of drug-likeness (QED) is 0.414. The molecule has 2 atom stereocenters. The van der Waals surface area contributed by atoms with E-state index in [9.17, 15) is 14.7 Å². The molecular formula is C29H30ClN5O4. The number of aryl methyl sites for hydroxylation is 1. The normalized spacial score (nSPS) is 19.5. The Hall–Kier alpha value is -3.53. The van der Waals surface area contributed by atoms with Crippen molar-refractivity contribution >= 4 is 29.4 Å². The van der Waals surface area contributed by atoms with Gasteiger partial charge < -0.3 is 25.4 Å². The molecule has 0 unspecified atom stereocenters. The lowest BCUT2D eigenvalue weighted by atomic mass is 10.0. The van der Waals surface area contributed by atoms with Crippen molar-refractivity contribution in [3.63, 3.8) is 0 Å². The van der Waals surface area contributed by atoms with Crippen LogP contribution in [0.2, 0.25) is 5.02 Å². The fraction of sp³-hybridized carbons (Fsp3) is 0.379. The molecule has 3 aliphatic rings. The number of ether oxygens (including phenoxy) is 1. The highest BCUT2D eigenvalue weighted by molar-refractivity contribution is 6.33. The third kappa shape index (κ3) is 5.09. The number of carbonyl (C=O) groups is 2. The second kappa shape index (κ2) is 10.9. The maximum Gasteiger partial charge on any atom is 0.255 e. The number of hydrogen-bond donors (Lipinski definition) is 3. The van der Waals surface area contributed by atoms with Crippen LogP contribution in [0.3, 0.4) is 0 Å². The number of benzene rings is 2. The van der Waals surface area contributed by atoms with Crippen molar-refractivity contribution in [3.05, 3.63) is 75.9 Å². The van der Waals surface area contributed by atoms with Gasteiger partial charge in [0.25, 0.3) is 5.91 Å². The third-order valence-electron chi connectivity index (χ3n) is 7.82. The predicted octanol–water partition coefficient (Wildman–Crippen LogP) is 3.51. The second-order valence-electron chi connectivity index (χ2n) is 10.2. The third-order valence-corrected chi connectivity index (χ3v) is 8.09. The van der Waals surface area contributed by atoms with Crippen LogP contribution in [0.4, 0.5) is 5.95 Å². The zero-order valence-electron chi connectivity index (χ0n) is 21.4. The fourth-order valence-electron chi connectivity index (χ4n) is 5.68. The highest BCUT2D eigenvalue weighted by Crippen LogP contribution is 2.34. The number of fused-ring (bicyclic) bond motifs is 2. The Morgan fingerprint density at radius 3 is 2.79 bits per heavy atom. The molecule has 1 aromatic heterocycles. The number of nitrogens with zero attached hydrogens (tertiary/aromatic N) is 3. The molecule has 2 amide bonds. The molecule has 9 nitrogen and oxygen atoms in total. The summed E-state index contributed by atoms with van der Waals surface area (Å²) in [5.41, 5.74) is 4.77. The largest absolute Gasteiger partial charge is 0.394 e.